The van der Waals surface area contributed by atoms with Gasteiger partial charge in [0.1, 0.15) is 7.85 Å². The Bertz CT molecular complexity index is 383. The Morgan fingerprint density at radius 3 is 2.25 bits per heavy atom. The van der Waals surface area contributed by atoms with E-state index >= 15 is 0 Å². The van der Waals surface area contributed by atoms with Crippen molar-refractivity contribution in [2.24, 2.45) is 0 Å². The first kappa shape index (κ1) is 7.69. The molecule has 0 unspecified atom stereocenters. The molecule has 0 atom stereocenters. The third-order valence-electron chi connectivity index (χ3n) is 2.09. The van der Waals surface area contributed by atoms with Gasteiger partial charge in [0.25, 0.3) is 0 Å². The van der Waals surface area contributed by atoms with Crippen molar-refractivity contribution in [2.45, 2.75) is 0 Å². The van der Waals surface area contributed by atoms with E-state index in [4.69, 9.17) is 11.6 Å². The number of hydrogen-bond donors (Lipinski definition) is 0. The Kier molecular flexibility index (Phi) is 1.82. The van der Waals surface area contributed by atoms with Crippen molar-refractivity contribution in [1.82, 2.24) is 0 Å². The van der Waals surface area contributed by atoms with Crippen LogP contribution in [0.1, 0.15) is 0 Å². The largest absolute Gasteiger partial charge is 0.140 e. The summed E-state index contributed by atoms with van der Waals surface area (Å²) in [4.78, 5) is 0. The van der Waals surface area contributed by atoms with Crippen LogP contribution < -0.4 is 5.46 Å². The number of fused-ring (bicyclic) bond motifs is 1. The Morgan fingerprint density at radius 1 is 0.917 bits per heavy atom. The second-order valence-corrected chi connectivity index (χ2v) is 3.32. The molecule has 0 saturated heterocycles. The predicted molar refractivity (Wildman–Crippen MR) is 57.1 cm³/mol. The van der Waals surface area contributed by atoms with Gasteiger partial charge in [-0.25, -0.2) is 0 Å². The maximum Gasteiger partial charge on any atom is 0.140 e. The first-order valence-electron chi connectivity index (χ1n) is 3.93. The third-order valence-corrected chi connectivity index (χ3v) is 2.42. The highest BCUT2D eigenvalue weighted by atomic mass is 35.5. The average molecular weight is 174 g/mol. The van der Waals surface area contributed by atoms with Gasteiger partial charge in [0.2, 0.25) is 0 Å². The van der Waals surface area contributed by atoms with Gasteiger partial charge in [-0.2, -0.15) is 0 Å². The Hall–Kier alpha value is -0.945. The van der Waals surface area contributed by atoms with Crippen molar-refractivity contribution in [3.8, 4) is 0 Å². The van der Waals surface area contributed by atoms with Gasteiger partial charge in [-0.3, -0.25) is 0 Å². The molecule has 0 nitrogen and oxygen atoms in total. The van der Waals surface area contributed by atoms with E-state index in [2.05, 4.69) is 13.9 Å². The lowest BCUT2D eigenvalue weighted by atomic mass is 9.90. The summed E-state index contributed by atoms with van der Waals surface area (Å²) in [6.45, 7) is 0. The summed E-state index contributed by atoms with van der Waals surface area (Å²) in [7, 11) is 2.10. The number of hydrogen-bond acceptors (Lipinski definition) is 0. The summed E-state index contributed by atoms with van der Waals surface area (Å²) in [5.41, 5.74) is 1.27. The second-order valence-electron chi connectivity index (χ2n) is 2.91. The third kappa shape index (κ3) is 1.11. The van der Waals surface area contributed by atoms with Crippen molar-refractivity contribution >= 4 is 35.7 Å². The standard InChI is InChI=1S/C10H8BCl/c11-9-5-6-10(12)8-4-2-1-3-7(8)9/h1-6H,11H2. The van der Waals surface area contributed by atoms with Gasteiger partial charge >= 0.3 is 0 Å². The fraction of sp³-hybridized carbons (Fsp3) is 0. The summed E-state index contributed by atoms with van der Waals surface area (Å²) in [5.74, 6) is 0. The average Bonchev–Trinajstić information content (AvgIpc) is 2.12. The minimum Gasteiger partial charge on any atom is -0.0837 e. The maximum atomic E-state index is 6.03. The van der Waals surface area contributed by atoms with E-state index in [9.17, 15) is 0 Å². The molecular weight excluding hydrogens is 166 g/mol. The number of rotatable bonds is 0. The van der Waals surface area contributed by atoms with E-state index in [1.807, 2.05) is 30.3 Å². The molecular formula is C10H8BCl. The van der Waals surface area contributed by atoms with Crippen LogP contribution in [0.4, 0.5) is 0 Å². The molecule has 0 aliphatic carbocycles. The lowest BCUT2D eigenvalue weighted by Gasteiger charge is -2.02. The van der Waals surface area contributed by atoms with E-state index in [0.717, 1.165) is 10.4 Å². The predicted octanol–water partition coefficient (Wildman–Crippen LogP) is 1.75. The van der Waals surface area contributed by atoms with Crippen molar-refractivity contribution in [3.05, 3.63) is 41.4 Å². The molecule has 2 aromatic rings. The molecule has 2 rings (SSSR count). The molecule has 0 aliphatic heterocycles. The van der Waals surface area contributed by atoms with Crippen molar-refractivity contribution in [3.63, 3.8) is 0 Å². The van der Waals surface area contributed by atoms with Gasteiger partial charge in [-0.05, 0) is 16.8 Å². The smallest absolute Gasteiger partial charge is 0.0837 e. The van der Waals surface area contributed by atoms with Gasteiger partial charge in [-0.1, -0.05) is 47.4 Å². The van der Waals surface area contributed by atoms with Crippen LogP contribution >= 0.6 is 11.6 Å². The monoisotopic (exact) mass is 174 g/mol. The molecule has 12 heavy (non-hydrogen) atoms. The highest BCUT2D eigenvalue weighted by Gasteiger charge is 1.98. The van der Waals surface area contributed by atoms with E-state index in [-0.39, 0.29) is 0 Å². The molecule has 0 aliphatic rings. The van der Waals surface area contributed by atoms with Crippen molar-refractivity contribution in [1.29, 1.82) is 0 Å². The lowest BCUT2D eigenvalue weighted by Crippen LogP contribution is -2.02. The molecule has 58 valence electrons. The molecule has 0 bridgehead atoms. The highest BCUT2D eigenvalue weighted by molar-refractivity contribution is 6.42. The van der Waals surface area contributed by atoms with Crippen molar-refractivity contribution in [2.75, 3.05) is 0 Å². The summed E-state index contributed by atoms with van der Waals surface area (Å²) in [6, 6.07) is 12.2. The molecule has 0 amide bonds. The Labute approximate surface area is 77.6 Å². The summed E-state index contributed by atoms with van der Waals surface area (Å²) < 4.78 is 0. The van der Waals surface area contributed by atoms with Gasteiger partial charge in [0.15, 0.2) is 0 Å². The van der Waals surface area contributed by atoms with Crippen molar-refractivity contribution < 1.29 is 0 Å². The quantitative estimate of drug-likeness (QED) is 0.534. The number of halogens is 1. The minimum atomic E-state index is 0.830. The van der Waals surface area contributed by atoms with E-state index in [1.165, 1.54) is 10.8 Å². The van der Waals surface area contributed by atoms with Gasteiger partial charge in [0.05, 0.1) is 0 Å². The summed E-state index contributed by atoms with van der Waals surface area (Å²) in [5, 5.41) is 3.21. The zero-order valence-electron chi connectivity index (χ0n) is 6.84. The fourth-order valence-electron chi connectivity index (χ4n) is 1.41. The fourth-order valence-corrected chi connectivity index (χ4v) is 1.64. The van der Waals surface area contributed by atoms with Gasteiger partial charge < -0.3 is 0 Å². The Morgan fingerprint density at radius 2 is 1.58 bits per heavy atom. The molecule has 0 aromatic heterocycles. The van der Waals surface area contributed by atoms with Crippen LogP contribution in [0.25, 0.3) is 10.8 Å². The first-order chi connectivity index (χ1) is 5.79. The first-order valence-corrected chi connectivity index (χ1v) is 4.30. The molecule has 0 heterocycles. The van der Waals surface area contributed by atoms with Crippen LogP contribution in [0.5, 0.6) is 0 Å². The van der Waals surface area contributed by atoms with Crippen LogP contribution in [-0.4, -0.2) is 7.85 Å². The Balaban J connectivity index is 2.95. The van der Waals surface area contributed by atoms with Crippen LogP contribution in [0.2, 0.25) is 5.02 Å². The van der Waals surface area contributed by atoms with Gasteiger partial charge in [-0.15, -0.1) is 0 Å². The number of benzene rings is 2. The zero-order chi connectivity index (χ0) is 8.55. The summed E-state index contributed by atoms with van der Waals surface area (Å²) in [6.07, 6.45) is 0. The molecule has 0 spiro atoms. The molecule has 0 fully saturated rings. The van der Waals surface area contributed by atoms with Crippen LogP contribution in [0.15, 0.2) is 36.4 Å². The topological polar surface area (TPSA) is 0 Å². The molecule has 2 aromatic carbocycles. The van der Waals surface area contributed by atoms with E-state index in [0.29, 0.717) is 0 Å². The van der Waals surface area contributed by atoms with E-state index < -0.39 is 0 Å². The minimum absolute atomic E-state index is 0.830. The lowest BCUT2D eigenvalue weighted by molar-refractivity contribution is 1.78. The molecule has 0 N–H and O–H groups in total. The van der Waals surface area contributed by atoms with E-state index in [1.54, 1.807) is 0 Å². The summed E-state index contributed by atoms with van der Waals surface area (Å²) >= 11 is 6.03. The molecule has 2 heteroatoms. The van der Waals surface area contributed by atoms with Crippen LogP contribution in [0, 0.1) is 0 Å². The molecule has 0 radical (unpaired) electrons. The van der Waals surface area contributed by atoms with Gasteiger partial charge in [0, 0.05) is 5.02 Å². The molecule has 0 saturated carbocycles. The normalized spacial score (nSPS) is 10.4. The highest BCUT2D eigenvalue weighted by Crippen LogP contribution is 2.20. The van der Waals surface area contributed by atoms with Crippen LogP contribution in [-0.2, 0) is 0 Å². The second kappa shape index (κ2) is 2.83. The zero-order valence-corrected chi connectivity index (χ0v) is 7.60. The van der Waals surface area contributed by atoms with Crippen LogP contribution in [0.3, 0.4) is 0 Å². The maximum absolute atomic E-state index is 6.03. The SMILES string of the molecule is Bc1ccc(Cl)c2ccccc12.